The second kappa shape index (κ2) is 7.77. The Morgan fingerprint density at radius 2 is 2.04 bits per heavy atom. The summed E-state index contributed by atoms with van der Waals surface area (Å²) in [5.74, 6) is 0.472. The van der Waals surface area contributed by atoms with E-state index < -0.39 is 0 Å². The first-order chi connectivity index (χ1) is 13.5. The number of hydrogen-bond acceptors (Lipinski definition) is 5. The van der Waals surface area contributed by atoms with Crippen molar-refractivity contribution in [1.82, 2.24) is 4.98 Å². The molecule has 2 amide bonds. The highest BCUT2D eigenvalue weighted by molar-refractivity contribution is 7.99. The third kappa shape index (κ3) is 3.95. The molecule has 2 aromatic carbocycles. The Morgan fingerprint density at radius 1 is 1.18 bits per heavy atom. The van der Waals surface area contributed by atoms with Crippen LogP contribution in [0, 0.1) is 13.8 Å². The standard InChI is InChI=1S/C21H19N3O2S2/c1-12-3-5-15(13(2)9-12)17-11-28-21(23-17)24-20(26)14-4-6-18-16(10-14)22-19(25)7-8-27-18/h3-6,9-11H,7-8H2,1-2H3,(H,22,25)(H,23,24,26). The van der Waals surface area contributed by atoms with Gasteiger partial charge in [0, 0.05) is 33.6 Å². The quantitative estimate of drug-likeness (QED) is 0.630. The fourth-order valence-electron chi connectivity index (χ4n) is 3.09. The maximum absolute atomic E-state index is 12.7. The molecule has 0 radical (unpaired) electrons. The lowest BCUT2D eigenvalue weighted by atomic mass is 10.0. The molecule has 5 nitrogen and oxygen atoms in total. The number of aryl methyl sites for hydroxylation is 2. The Bertz CT molecular complexity index is 1080. The van der Waals surface area contributed by atoms with Crippen LogP contribution in [0.5, 0.6) is 0 Å². The molecule has 1 aliphatic heterocycles. The van der Waals surface area contributed by atoms with Crippen molar-refractivity contribution in [3.63, 3.8) is 0 Å². The van der Waals surface area contributed by atoms with Gasteiger partial charge in [-0.25, -0.2) is 4.98 Å². The molecule has 0 saturated carbocycles. The van der Waals surface area contributed by atoms with Crippen molar-refractivity contribution in [3.05, 3.63) is 58.5 Å². The number of thiazole rings is 1. The highest BCUT2D eigenvalue weighted by Crippen LogP contribution is 2.32. The van der Waals surface area contributed by atoms with Crippen molar-refractivity contribution < 1.29 is 9.59 Å². The SMILES string of the molecule is Cc1ccc(-c2csc(NC(=O)c3ccc4c(c3)NC(=O)CCS4)n2)c(C)c1. The first-order valence-corrected chi connectivity index (χ1v) is 10.8. The number of nitrogens with one attached hydrogen (secondary N) is 2. The van der Waals surface area contributed by atoms with Gasteiger partial charge in [-0.1, -0.05) is 23.8 Å². The minimum absolute atomic E-state index is 0.0261. The third-order valence-electron chi connectivity index (χ3n) is 4.49. The zero-order valence-corrected chi connectivity index (χ0v) is 17.2. The van der Waals surface area contributed by atoms with E-state index in [9.17, 15) is 9.59 Å². The van der Waals surface area contributed by atoms with E-state index in [0.29, 0.717) is 22.8 Å². The van der Waals surface area contributed by atoms with Crippen LogP contribution in [-0.2, 0) is 4.79 Å². The van der Waals surface area contributed by atoms with Crippen molar-refractivity contribution in [2.45, 2.75) is 25.2 Å². The van der Waals surface area contributed by atoms with Gasteiger partial charge in [-0.3, -0.25) is 14.9 Å². The molecule has 2 heterocycles. The second-order valence-electron chi connectivity index (χ2n) is 6.67. The van der Waals surface area contributed by atoms with E-state index in [1.54, 1.807) is 23.9 Å². The van der Waals surface area contributed by atoms with Gasteiger partial charge in [0.15, 0.2) is 5.13 Å². The molecule has 2 N–H and O–H groups in total. The molecule has 4 rings (SSSR count). The van der Waals surface area contributed by atoms with E-state index in [2.05, 4.69) is 47.7 Å². The first kappa shape index (κ1) is 18.7. The summed E-state index contributed by atoms with van der Waals surface area (Å²) in [6, 6.07) is 11.6. The molecule has 0 atom stereocenters. The lowest BCUT2D eigenvalue weighted by Crippen LogP contribution is -2.14. The van der Waals surface area contributed by atoms with Crippen molar-refractivity contribution in [2.24, 2.45) is 0 Å². The van der Waals surface area contributed by atoms with Crippen LogP contribution >= 0.6 is 23.1 Å². The van der Waals surface area contributed by atoms with Gasteiger partial charge in [0.1, 0.15) is 0 Å². The number of nitrogens with zero attached hydrogens (tertiary/aromatic N) is 1. The largest absolute Gasteiger partial charge is 0.325 e. The summed E-state index contributed by atoms with van der Waals surface area (Å²) in [7, 11) is 0. The van der Waals surface area contributed by atoms with Crippen LogP contribution in [0.15, 0.2) is 46.7 Å². The number of rotatable bonds is 3. The predicted molar refractivity (Wildman–Crippen MR) is 115 cm³/mol. The number of carbonyl (C=O) groups excluding carboxylic acids is 2. The van der Waals surface area contributed by atoms with Gasteiger partial charge in [-0.15, -0.1) is 23.1 Å². The van der Waals surface area contributed by atoms with E-state index in [-0.39, 0.29) is 11.8 Å². The summed E-state index contributed by atoms with van der Waals surface area (Å²) in [6.07, 6.45) is 0.473. The highest BCUT2D eigenvalue weighted by Gasteiger charge is 2.17. The van der Waals surface area contributed by atoms with E-state index in [4.69, 9.17) is 0 Å². The minimum Gasteiger partial charge on any atom is -0.325 e. The summed E-state index contributed by atoms with van der Waals surface area (Å²) in [5, 5.41) is 8.22. The molecule has 0 fully saturated rings. The number of fused-ring (bicyclic) bond motifs is 1. The molecule has 1 aromatic heterocycles. The number of amides is 2. The Balaban J connectivity index is 1.53. The van der Waals surface area contributed by atoms with Crippen LogP contribution < -0.4 is 10.6 Å². The van der Waals surface area contributed by atoms with Crippen molar-refractivity contribution in [2.75, 3.05) is 16.4 Å². The van der Waals surface area contributed by atoms with Gasteiger partial charge in [0.25, 0.3) is 5.91 Å². The lowest BCUT2D eigenvalue weighted by molar-refractivity contribution is -0.115. The molecular weight excluding hydrogens is 390 g/mol. The van der Waals surface area contributed by atoms with Crippen molar-refractivity contribution in [3.8, 4) is 11.3 Å². The van der Waals surface area contributed by atoms with Crippen LogP contribution in [0.1, 0.15) is 27.9 Å². The van der Waals surface area contributed by atoms with Gasteiger partial charge >= 0.3 is 0 Å². The van der Waals surface area contributed by atoms with Crippen molar-refractivity contribution in [1.29, 1.82) is 0 Å². The number of benzene rings is 2. The number of anilines is 2. The Hall–Kier alpha value is -2.64. The normalized spacial score (nSPS) is 13.4. The topological polar surface area (TPSA) is 71.1 Å². The Labute approximate surface area is 171 Å². The zero-order valence-electron chi connectivity index (χ0n) is 15.5. The van der Waals surface area contributed by atoms with Crippen LogP contribution in [-0.4, -0.2) is 22.6 Å². The maximum Gasteiger partial charge on any atom is 0.257 e. The fraction of sp³-hybridized carbons (Fsp3) is 0.190. The van der Waals surface area contributed by atoms with Gasteiger partial charge in [0.05, 0.1) is 11.4 Å². The maximum atomic E-state index is 12.7. The fourth-order valence-corrected chi connectivity index (χ4v) is 4.73. The number of aromatic nitrogens is 1. The Kier molecular flexibility index (Phi) is 5.19. The van der Waals surface area contributed by atoms with Crippen LogP contribution in [0.2, 0.25) is 0 Å². The van der Waals surface area contributed by atoms with Gasteiger partial charge in [0.2, 0.25) is 5.91 Å². The van der Waals surface area contributed by atoms with E-state index in [1.807, 2.05) is 11.4 Å². The molecule has 0 bridgehead atoms. The molecular formula is C21H19N3O2S2. The molecule has 28 heavy (non-hydrogen) atoms. The number of thioether (sulfide) groups is 1. The molecule has 3 aromatic rings. The average Bonchev–Trinajstić information content (AvgIpc) is 3.02. The predicted octanol–water partition coefficient (Wildman–Crippen LogP) is 5.11. The monoisotopic (exact) mass is 409 g/mol. The van der Waals surface area contributed by atoms with E-state index >= 15 is 0 Å². The highest BCUT2D eigenvalue weighted by atomic mass is 32.2. The molecule has 7 heteroatoms. The molecule has 142 valence electrons. The van der Waals surface area contributed by atoms with Crippen LogP contribution in [0.3, 0.4) is 0 Å². The summed E-state index contributed by atoms with van der Waals surface area (Å²) in [5.41, 5.74) is 5.45. The first-order valence-electron chi connectivity index (χ1n) is 8.91. The average molecular weight is 410 g/mol. The molecule has 0 aliphatic carbocycles. The summed E-state index contributed by atoms with van der Waals surface area (Å²) >= 11 is 3.01. The van der Waals surface area contributed by atoms with Gasteiger partial charge in [-0.2, -0.15) is 0 Å². The lowest BCUT2D eigenvalue weighted by Gasteiger charge is -2.08. The van der Waals surface area contributed by atoms with Gasteiger partial charge < -0.3 is 5.32 Å². The molecule has 0 unspecified atom stereocenters. The van der Waals surface area contributed by atoms with Crippen LogP contribution in [0.4, 0.5) is 10.8 Å². The summed E-state index contributed by atoms with van der Waals surface area (Å²) < 4.78 is 0. The second-order valence-corrected chi connectivity index (χ2v) is 8.66. The number of hydrogen-bond donors (Lipinski definition) is 2. The summed E-state index contributed by atoms with van der Waals surface area (Å²) in [4.78, 5) is 30.0. The van der Waals surface area contributed by atoms with E-state index in [1.165, 1.54) is 16.9 Å². The smallest absolute Gasteiger partial charge is 0.257 e. The molecule has 0 saturated heterocycles. The zero-order chi connectivity index (χ0) is 19.7. The molecule has 0 spiro atoms. The third-order valence-corrected chi connectivity index (χ3v) is 6.32. The minimum atomic E-state index is -0.243. The Morgan fingerprint density at radius 3 is 2.86 bits per heavy atom. The van der Waals surface area contributed by atoms with Gasteiger partial charge in [-0.05, 0) is 37.6 Å². The van der Waals surface area contributed by atoms with E-state index in [0.717, 1.165) is 27.5 Å². The van der Waals surface area contributed by atoms with Crippen molar-refractivity contribution >= 4 is 45.7 Å². The van der Waals surface area contributed by atoms with Crippen LogP contribution in [0.25, 0.3) is 11.3 Å². The summed E-state index contributed by atoms with van der Waals surface area (Å²) in [6.45, 7) is 4.12. The number of carbonyl (C=O) groups is 2. The molecule has 1 aliphatic rings.